The summed E-state index contributed by atoms with van der Waals surface area (Å²) in [5.74, 6) is 0.908. The topological polar surface area (TPSA) is 42.9 Å². The number of hydrogen-bond acceptors (Lipinski definition) is 3. The quantitative estimate of drug-likeness (QED) is 0.357. The smallest absolute Gasteiger partial charge is 0.191 e. The molecule has 0 aliphatic carbocycles. The molecule has 6 heteroatoms. The number of halogens is 1. The summed E-state index contributed by atoms with van der Waals surface area (Å²) in [6, 6.07) is 8.82. The maximum atomic E-state index is 4.52. The number of hydrogen-bond donors (Lipinski definition) is 2. The molecule has 0 saturated carbocycles. The number of nitrogens with one attached hydrogen (secondary N) is 2. The number of aryl methyl sites for hydroxylation is 1. The Morgan fingerprint density at radius 1 is 1.10 bits per heavy atom. The Kier molecular flexibility index (Phi) is 9.69. The van der Waals surface area contributed by atoms with Crippen molar-refractivity contribution in [2.45, 2.75) is 57.5 Å². The van der Waals surface area contributed by atoms with E-state index in [1.165, 1.54) is 69.4 Å². The van der Waals surface area contributed by atoms with Crippen molar-refractivity contribution in [3.63, 3.8) is 0 Å². The van der Waals surface area contributed by atoms with Crippen LogP contribution in [0.3, 0.4) is 0 Å². The lowest BCUT2D eigenvalue weighted by atomic mass is 9.84. The second kappa shape index (κ2) is 11.5. The Morgan fingerprint density at radius 3 is 2.38 bits per heavy atom. The molecule has 29 heavy (non-hydrogen) atoms. The molecule has 0 bridgehead atoms. The van der Waals surface area contributed by atoms with Crippen molar-refractivity contribution in [2.75, 3.05) is 46.8 Å². The molecule has 2 aliphatic rings. The van der Waals surface area contributed by atoms with Crippen molar-refractivity contribution in [1.29, 1.82) is 0 Å². The van der Waals surface area contributed by atoms with Gasteiger partial charge in [0.05, 0.1) is 6.04 Å². The van der Waals surface area contributed by atoms with Crippen LogP contribution >= 0.6 is 24.0 Å². The molecule has 0 radical (unpaired) electrons. The fourth-order valence-electron chi connectivity index (χ4n) is 4.81. The van der Waals surface area contributed by atoms with E-state index in [2.05, 4.69) is 70.6 Å². The summed E-state index contributed by atoms with van der Waals surface area (Å²) in [5, 5.41) is 7.29. The van der Waals surface area contributed by atoms with Gasteiger partial charge >= 0.3 is 0 Å². The van der Waals surface area contributed by atoms with Gasteiger partial charge in [0.1, 0.15) is 0 Å². The second-order valence-corrected chi connectivity index (χ2v) is 8.72. The number of likely N-dealkylation sites (tertiary alicyclic amines) is 2. The van der Waals surface area contributed by atoms with E-state index in [9.17, 15) is 0 Å². The maximum absolute atomic E-state index is 4.52. The third-order valence-corrected chi connectivity index (χ3v) is 6.76. The van der Waals surface area contributed by atoms with E-state index in [4.69, 9.17) is 0 Å². The van der Waals surface area contributed by atoms with Crippen molar-refractivity contribution in [2.24, 2.45) is 4.99 Å². The number of rotatable bonds is 5. The summed E-state index contributed by atoms with van der Waals surface area (Å²) in [5.41, 5.74) is 2.91. The van der Waals surface area contributed by atoms with Crippen LogP contribution in [0.2, 0.25) is 0 Å². The van der Waals surface area contributed by atoms with Crippen LogP contribution in [0.4, 0.5) is 0 Å². The summed E-state index contributed by atoms with van der Waals surface area (Å²) >= 11 is 0. The predicted octanol–water partition coefficient (Wildman–Crippen LogP) is 3.79. The molecule has 0 amide bonds. The molecule has 1 aromatic carbocycles. The highest BCUT2D eigenvalue weighted by atomic mass is 127. The summed E-state index contributed by atoms with van der Waals surface area (Å²) in [4.78, 5) is 9.76. The Morgan fingerprint density at radius 2 is 1.76 bits per heavy atom. The average Bonchev–Trinajstić information content (AvgIpc) is 2.73. The summed E-state index contributed by atoms with van der Waals surface area (Å²) in [6.07, 6.45) is 6.54. The maximum Gasteiger partial charge on any atom is 0.191 e. The molecule has 2 aliphatic heterocycles. The fraction of sp³-hybridized carbons (Fsp3) is 0.696. The number of piperidine rings is 2. The van der Waals surface area contributed by atoms with Crippen molar-refractivity contribution in [1.82, 2.24) is 20.4 Å². The molecule has 2 saturated heterocycles. The van der Waals surface area contributed by atoms with Gasteiger partial charge in [0.15, 0.2) is 5.96 Å². The molecule has 5 nitrogen and oxygen atoms in total. The standard InChI is InChI=1S/C23H39N5.HI/c1-19-10-6-7-11-21(19)20(2)26-22(24-3)25-18-23(12-16-27(4)17-13-23)28-14-8-5-9-15-28;/h6-7,10-11,20H,5,8-9,12-18H2,1-4H3,(H2,24,25,26);1H. The van der Waals surface area contributed by atoms with Gasteiger partial charge in [0.2, 0.25) is 0 Å². The van der Waals surface area contributed by atoms with Gasteiger partial charge in [-0.05, 0) is 83.9 Å². The summed E-state index contributed by atoms with van der Waals surface area (Å²) < 4.78 is 0. The van der Waals surface area contributed by atoms with Crippen LogP contribution in [-0.2, 0) is 0 Å². The van der Waals surface area contributed by atoms with Crippen molar-refractivity contribution in [3.8, 4) is 0 Å². The van der Waals surface area contributed by atoms with Gasteiger partial charge in [-0.15, -0.1) is 24.0 Å². The van der Waals surface area contributed by atoms with Gasteiger partial charge in [0, 0.05) is 19.1 Å². The molecule has 1 aromatic rings. The molecule has 2 fully saturated rings. The first-order chi connectivity index (χ1) is 13.5. The van der Waals surface area contributed by atoms with Gasteiger partial charge in [-0.2, -0.15) is 0 Å². The summed E-state index contributed by atoms with van der Waals surface area (Å²) in [7, 11) is 4.13. The molecular weight excluding hydrogens is 473 g/mol. The molecule has 3 rings (SSSR count). The zero-order valence-corrected chi connectivity index (χ0v) is 21.0. The van der Waals surface area contributed by atoms with Crippen LogP contribution in [0.25, 0.3) is 0 Å². The monoisotopic (exact) mass is 513 g/mol. The highest BCUT2D eigenvalue weighted by Gasteiger charge is 2.39. The average molecular weight is 514 g/mol. The Balaban J connectivity index is 0.00000300. The molecule has 0 spiro atoms. The molecule has 1 atom stereocenters. The number of aliphatic imine (C=N–C) groups is 1. The van der Waals surface area contributed by atoms with Gasteiger partial charge in [0.25, 0.3) is 0 Å². The SMILES string of the molecule is CN=C(NCC1(N2CCCCC2)CCN(C)CC1)NC(C)c1ccccc1C.I. The molecule has 2 heterocycles. The lowest BCUT2D eigenvalue weighted by molar-refractivity contribution is 0.0173. The van der Waals surface area contributed by atoms with Gasteiger partial charge in [-0.3, -0.25) is 9.89 Å². The number of guanidine groups is 1. The van der Waals surface area contributed by atoms with Crippen molar-refractivity contribution < 1.29 is 0 Å². The molecule has 2 N–H and O–H groups in total. The predicted molar refractivity (Wildman–Crippen MR) is 134 cm³/mol. The Labute approximate surface area is 194 Å². The minimum Gasteiger partial charge on any atom is -0.355 e. The first kappa shape index (κ1) is 24.4. The second-order valence-electron chi connectivity index (χ2n) is 8.72. The third kappa shape index (κ3) is 6.31. The first-order valence-electron chi connectivity index (χ1n) is 11.0. The van der Waals surface area contributed by atoms with E-state index in [1.54, 1.807) is 0 Å². The Hall–Kier alpha value is -0.860. The van der Waals surface area contributed by atoms with Gasteiger partial charge < -0.3 is 15.5 Å². The molecule has 1 unspecified atom stereocenters. The normalized spacial score (nSPS) is 21.9. The van der Waals surface area contributed by atoms with Crippen LogP contribution < -0.4 is 10.6 Å². The zero-order chi connectivity index (χ0) is 20.0. The van der Waals surface area contributed by atoms with Crippen LogP contribution in [0.15, 0.2) is 29.3 Å². The molecule has 0 aromatic heterocycles. The van der Waals surface area contributed by atoms with E-state index in [-0.39, 0.29) is 35.6 Å². The Bertz CT molecular complexity index is 648. The van der Waals surface area contributed by atoms with E-state index >= 15 is 0 Å². The molecule has 164 valence electrons. The first-order valence-corrected chi connectivity index (χ1v) is 11.0. The van der Waals surface area contributed by atoms with Crippen molar-refractivity contribution in [3.05, 3.63) is 35.4 Å². The van der Waals surface area contributed by atoms with Gasteiger partial charge in [-0.25, -0.2) is 0 Å². The number of nitrogens with zero attached hydrogens (tertiary/aromatic N) is 3. The highest BCUT2D eigenvalue weighted by molar-refractivity contribution is 14.0. The third-order valence-electron chi connectivity index (χ3n) is 6.76. The van der Waals surface area contributed by atoms with Crippen LogP contribution in [0, 0.1) is 6.92 Å². The minimum atomic E-state index is 0. The van der Waals surface area contributed by atoms with E-state index < -0.39 is 0 Å². The lowest BCUT2D eigenvalue weighted by Gasteiger charge is -2.50. The lowest BCUT2D eigenvalue weighted by Crippen LogP contribution is -2.62. The minimum absolute atomic E-state index is 0. The largest absolute Gasteiger partial charge is 0.355 e. The van der Waals surface area contributed by atoms with Crippen LogP contribution in [0.5, 0.6) is 0 Å². The van der Waals surface area contributed by atoms with Gasteiger partial charge in [-0.1, -0.05) is 30.7 Å². The zero-order valence-electron chi connectivity index (χ0n) is 18.7. The van der Waals surface area contributed by atoms with E-state index in [0.29, 0.717) is 0 Å². The molecular formula is C23H40IN5. The van der Waals surface area contributed by atoms with E-state index in [1.807, 2.05) is 7.05 Å². The number of benzene rings is 1. The van der Waals surface area contributed by atoms with E-state index in [0.717, 1.165) is 12.5 Å². The highest BCUT2D eigenvalue weighted by Crippen LogP contribution is 2.31. The fourth-order valence-corrected chi connectivity index (χ4v) is 4.81. The van der Waals surface area contributed by atoms with Crippen LogP contribution in [-0.4, -0.2) is 68.1 Å². The summed E-state index contributed by atoms with van der Waals surface area (Å²) in [6.45, 7) is 10.2. The van der Waals surface area contributed by atoms with Crippen LogP contribution in [0.1, 0.15) is 56.2 Å². The van der Waals surface area contributed by atoms with Crippen molar-refractivity contribution >= 4 is 29.9 Å².